The van der Waals surface area contributed by atoms with E-state index in [1.54, 1.807) is 16.9 Å². The first-order chi connectivity index (χ1) is 8.24. The highest BCUT2D eigenvalue weighted by Crippen LogP contribution is 2.23. The molecule has 4 heteroatoms. The highest BCUT2D eigenvalue weighted by Gasteiger charge is 2.10. The first-order valence-corrected chi connectivity index (χ1v) is 5.91. The van der Waals surface area contributed by atoms with Crippen LogP contribution < -0.4 is 0 Å². The number of nitrogens with zero attached hydrogens (tertiary/aromatic N) is 2. The molecule has 3 nitrogen and oxygen atoms in total. The van der Waals surface area contributed by atoms with Gasteiger partial charge in [-0.2, -0.15) is 5.10 Å². The molecule has 88 valence electrons. The molecule has 1 aromatic heterocycles. The van der Waals surface area contributed by atoms with Gasteiger partial charge in [0.05, 0.1) is 5.56 Å². The predicted molar refractivity (Wildman–Crippen MR) is 68.4 cm³/mol. The SMILES string of the molecule is CCCn1cc(C=O)c(-c2cccc(Cl)c2)n1. The molecule has 0 aliphatic carbocycles. The Morgan fingerprint density at radius 1 is 1.47 bits per heavy atom. The quantitative estimate of drug-likeness (QED) is 0.777. The molecule has 0 saturated carbocycles. The van der Waals surface area contributed by atoms with Gasteiger partial charge < -0.3 is 0 Å². The lowest BCUT2D eigenvalue weighted by Gasteiger charge is -1.99. The lowest BCUT2D eigenvalue weighted by atomic mass is 10.1. The normalized spacial score (nSPS) is 10.5. The van der Waals surface area contributed by atoms with Crippen LogP contribution in [0.2, 0.25) is 5.02 Å². The first kappa shape index (κ1) is 11.9. The molecule has 0 fully saturated rings. The number of carbonyl (C=O) groups excluding carboxylic acids is 1. The third kappa shape index (κ3) is 2.56. The number of carbonyl (C=O) groups is 1. The van der Waals surface area contributed by atoms with Gasteiger partial charge in [-0.05, 0) is 18.6 Å². The van der Waals surface area contributed by atoms with Gasteiger partial charge in [-0.1, -0.05) is 30.7 Å². The monoisotopic (exact) mass is 248 g/mol. The van der Waals surface area contributed by atoms with Gasteiger partial charge in [0.2, 0.25) is 0 Å². The van der Waals surface area contributed by atoms with Gasteiger partial charge >= 0.3 is 0 Å². The van der Waals surface area contributed by atoms with Gasteiger partial charge in [0.1, 0.15) is 5.69 Å². The summed E-state index contributed by atoms with van der Waals surface area (Å²) < 4.78 is 1.79. The summed E-state index contributed by atoms with van der Waals surface area (Å²) in [6, 6.07) is 7.37. The Balaban J connectivity index is 2.46. The average molecular weight is 249 g/mol. The largest absolute Gasteiger partial charge is 0.298 e. The molecule has 1 heterocycles. The van der Waals surface area contributed by atoms with Crippen molar-refractivity contribution in [1.29, 1.82) is 0 Å². The number of aromatic nitrogens is 2. The zero-order valence-corrected chi connectivity index (χ0v) is 10.3. The minimum Gasteiger partial charge on any atom is -0.298 e. The zero-order valence-electron chi connectivity index (χ0n) is 9.56. The maximum absolute atomic E-state index is 11.0. The molecule has 0 aliphatic heterocycles. The van der Waals surface area contributed by atoms with Crippen molar-refractivity contribution in [1.82, 2.24) is 9.78 Å². The van der Waals surface area contributed by atoms with Crippen molar-refractivity contribution in [2.45, 2.75) is 19.9 Å². The smallest absolute Gasteiger partial charge is 0.153 e. The number of halogens is 1. The van der Waals surface area contributed by atoms with Gasteiger partial charge in [-0.3, -0.25) is 9.48 Å². The summed E-state index contributed by atoms with van der Waals surface area (Å²) in [7, 11) is 0. The van der Waals surface area contributed by atoms with Crippen LogP contribution in [0.25, 0.3) is 11.3 Å². The number of aldehydes is 1. The van der Waals surface area contributed by atoms with E-state index in [1.807, 2.05) is 18.2 Å². The Bertz CT molecular complexity index is 534. The Morgan fingerprint density at radius 3 is 2.94 bits per heavy atom. The lowest BCUT2D eigenvalue weighted by molar-refractivity contribution is 0.112. The molecule has 0 bridgehead atoms. The van der Waals surface area contributed by atoms with Gasteiger partial charge in [0.25, 0.3) is 0 Å². The summed E-state index contributed by atoms with van der Waals surface area (Å²) in [6.07, 6.45) is 3.58. The summed E-state index contributed by atoms with van der Waals surface area (Å²) >= 11 is 5.94. The zero-order chi connectivity index (χ0) is 12.3. The van der Waals surface area contributed by atoms with Crippen LogP contribution in [0, 0.1) is 0 Å². The topological polar surface area (TPSA) is 34.9 Å². The van der Waals surface area contributed by atoms with Crippen LogP contribution in [-0.4, -0.2) is 16.1 Å². The average Bonchev–Trinajstić information content (AvgIpc) is 2.73. The molecular weight excluding hydrogens is 236 g/mol. The first-order valence-electron chi connectivity index (χ1n) is 5.53. The van der Waals surface area contributed by atoms with Gasteiger partial charge in [0, 0.05) is 23.3 Å². The van der Waals surface area contributed by atoms with Gasteiger partial charge in [-0.15, -0.1) is 0 Å². The fraction of sp³-hybridized carbons (Fsp3) is 0.231. The number of benzene rings is 1. The summed E-state index contributed by atoms with van der Waals surface area (Å²) in [5.41, 5.74) is 2.16. The molecule has 0 aliphatic rings. The van der Waals surface area contributed by atoms with Crippen LogP contribution in [0.4, 0.5) is 0 Å². The maximum atomic E-state index is 11.0. The Kier molecular flexibility index (Phi) is 3.59. The second kappa shape index (κ2) is 5.15. The van der Waals surface area contributed by atoms with Crippen molar-refractivity contribution in [3.63, 3.8) is 0 Å². The van der Waals surface area contributed by atoms with Crippen molar-refractivity contribution in [3.05, 3.63) is 41.0 Å². The predicted octanol–water partition coefficient (Wildman–Crippen LogP) is 3.43. The van der Waals surface area contributed by atoms with Gasteiger partial charge in [-0.25, -0.2) is 0 Å². The van der Waals surface area contributed by atoms with E-state index in [-0.39, 0.29) is 0 Å². The number of hydrogen-bond acceptors (Lipinski definition) is 2. The number of hydrogen-bond donors (Lipinski definition) is 0. The minimum absolute atomic E-state index is 0.598. The fourth-order valence-corrected chi connectivity index (χ4v) is 1.92. The number of rotatable bonds is 4. The fourth-order valence-electron chi connectivity index (χ4n) is 1.73. The Hall–Kier alpha value is -1.61. The highest BCUT2D eigenvalue weighted by atomic mass is 35.5. The van der Waals surface area contributed by atoms with Crippen LogP contribution >= 0.6 is 11.6 Å². The molecule has 0 radical (unpaired) electrons. The van der Waals surface area contributed by atoms with Crippen LogP contribution in [-0.2, 0) is 6.54 Å². The van der Waals surface area contributed by atoms with Crippen LogP contribution in [0.1, 0.15) is 23.7 Å². The molecular formula is C13H13ClN2O. The maximum Gasteiger partial charge on any atom is 0.153 e. The minimum atomic E-state index is 0.598. The Morgan fingerprint density at radius 2 is 2.29 bits per heavy atom. The van der Waals surface area contributed by atoms with E-state index in [1.165, 1.54) is 0 Å². The van der Waals surface area contributed by atoms with Crippen LogP contribution in [0.3, 0.4) is 0 Å². The molecule has 0 unspecified atom stereocenters. The van der Waals surface area contributed by atoms with Crippen LogP contribution in [0.15, 0.2) is 30.5 Å². The summed E-state index contributed by atoms with van der Waals surface area (Å²) in [6.45, 7) is 2.88. The molecule has 0 atom stereocenters. The molecule has 1 aromatic carbocycles. The summed E-state index contributed by atoms with van der Waals surface area (Å²) in [5, 5.41) is 5.05. The van der Waals surface area contributed by atoms with Crippen molar-refractivity contribution in [2.75, 3.05) is 0 Å². The molecule has 0 N–H and O–H groups in total. The van der Waals surface area contributed by atoms with E-state index in [9.17, 15) is 4.79 Å². The Labute approximate surface area is 105 Å². The molecule has 2 rings (SSSR count). The van der Waals surface area contributed by atoms with E-state index < -0.39 is 0 Å². The van der Waals surface area contributed by atoms with E-state index in [0.717, 1.165) is 24.8 Å². The molecule has 0 amide bonds. The second-order valence-corrected chi connectivity index (χ2v) is 4.26. The molecule has 17 heavy (non-hydrogen) atoms. The number of aryl methyl sites for hydroxylation is 1. The highest BCUT2D eigenvalue weighted by molar-refractivity contribution is 6.30. The van der Waals surface area contributed by atoms with Crippen LogP contribution in [0.5, 0.6) is 0 Å². The second-order valence-electron chi connectivity index (χ2n) is 3.82. The van der Waals surface area contributed by atoms with E-state index in [2.05, 4.69) is 12.0 Å². The molecule has 0 spiro atoms. The van der Waals surface area contributed by atoms with E-state index in [4.69, 9.17) is 11.6 Å². The lowest BCUT2D eigenvalue weighted by Crippen LogP contribution is -1.96. The summed E-state index contributed by atoms with van der Waals surface area (Å²) in [4.78, 5) is 11.0. The third-order valence-corrected chi connectivity index (χ3v) is 2.70. The van der Waals surface area contributed by atoms with Crippen molar-refractivity contribution >= 4 is 17.9 Å². The van der Waals surface area contributed by atoms with Crippen molar-refractivity contribution in [2.24, 2.45) is 0 Å². The molecule has 0 saturated heterocycles. The van der Waals surface area contributed by atoms with Crippen molar-refractivity contribution < 1.29 is 4.79 Å². The third-order valence-electron chi connectivity index (χ3n) is 2.47. The van der Waals surface area contributed by atoms with E-state index in [0.29, 0.717) is 16.3 Å². The standard InChI is InChI=1S/C13H13ClN2O/c1-2-6-16-8-11(9-17)13(15-16)10-4-3-5-12(14)7-10/h3-5,7-9H,2,6H2,1H3. The van der Waals surface area contributed by atoms with Crippen molar-refractivity contribution in [3.8, 4) is 11.3 Å². The van der Waals surface area contributed by atoms with E-state index >= 15 is 0 Å². The summed E-state index contributed by atoms with van der Waals surface area (Å²) in [5.74, 6) is 0. The molecule has 2 aromatic rings. The van der Waals surface area contributed by atoms with Gasteiger partial charge in [0.15, 0.2) is 6.29 Å².